The third-order valence-electron chi connectivity index (χ3n) is 2.90. The number of ether oxygens (including phenoxy) is 1. The van der Waals surface area contributed by atoms with Crippen molar-refractivity contribution in [2.75, 3.05) is 31.9 Å². The molecule has 1 rings (SSSR count). The van der Waals surface area contributed by atoms with E-state index in [1.165, 1.54) is 7.11 Å². The van der Waals surface area contributed by atoms with E-state index in [0.29, 0.717) is 12.1 Å². The molecule has 0 amide bonds. The summed E-state index contributed by atoms with van der Waals surface area (Å²) < 4.78 is 4.72. The number of thioether (sulfide) groups is 1. The number of nitrogens with zero attached hydrogens (tertiary/aromatic N) is 2. The van der Waals surface area contributed by atoms with Crippen LogP contribution in [0.4, 0.5) is 5.69 Å². The van der Waals surface area contributed by atoms with Gasteiger partial charge < -0.3 is 9.64 Å². The SMILES string of the molecule is COC(=O)C(C)CN(C)c1cccc(SC)c1C#N. The Labute approximate surface area is 118 Å². The molecule has 0 saturated heterocycles. The van der Waals surface area contributed by atoms with Crippen molar-refractivity contribution in [3.8, 4) is 6.07 Å². The Kier molecular flexibility index (Phi) is 5.71. The highest BCUT2D eigenvalue weighted by molar-refractivity contribution is 7.98. The Bertz CT molecular complexity index is 497. The van der Waals surface area contributed by atoms with Crippen molar-refractivity contribution in [1.29, 1.82) is 5.26 Å². The second kappa shape index (κ2) is 7.05. The average Bonchev–Trinajstić information content (AvgIpc) is 2.44. The van der Waals surface area contributed by atoms with Gasteiger partial charge in [-0.05, 0) is 18.4 Å². The summed E-state index contributed by atoms with van der Waals surface area (Å²) in [6.07, 6.45) is 1.94. The van der Waals surface area contributed by atoms with E-state index in [1.807, 2.05) is 43.3 Å². The number of carbonyl (C=O) groups excluding carboxylic acids is 1. The Morgan fingerprint density at radius 3 is 2.79 bits per heavy atom. The van der Waals surface area contributed by atoms with Crippen LogP contribution in [0.5, 0.6) is 0 Å². The molecule has 1 aromatic carbocycles. The first kappa shape index (κ1) is 15.4. The smallest absolute Gasteiger partial charge is 0.310 e. The second-order valence-electron chi connectivity index (χ2n) is 4.27. The maximum absolute atomic E-state index is 11.4. The number of anilines is 1. The first-order valence-corrected chi connectivity index (χ1v) is 7.13. The van der Waals surface area contributed by atoms with Crippen LogP contribution in [0.2, 0.25) is 0 Å². The largest absolute Gasteiger partial charge is 0.469 e. The van der Waals surface area contributed by atoms with Gasteiger partial charge in [0, 0.05) is 18.5 Å². The Hall–Kier alpha value is -1.67. The molecular formula is C14H18N2O2S. The van der Waals surface area contributed by atoms with Gasteiger partial charge in [0.2, 0.25) is 0 Å². The average molecular weight is 278 g/mol. The van der Waals surface area contributed by atoms with Gasteiger partial charge in [-0.3, -0.25) is 4.79 Å². The maximum Gasteiger partial charge on any atom is 0.310 e. The van der Waals surface area contributed by atoms with Crippen LogP contribution in [-0.4, -0.2) is 32.9 Å². The zero-order valence-electron chi connectivity index (χ0n) is 11.6. The zero-order valence-corrected chi connectivity index (χ0v) is 12.5. The number of hydrogen-bond acceptors (Lipinski definition) is 5. The van der Waals surface area contributed by atoms with E-state index in [0.717, 1.165) is 10.6 Å². The molecule has 0 radical (unpaired) electrons. The number of rotatable bonds is 5. The summed E-state index contributed by atoms with van der Waals surface area (Å²) in [5.41, 5.74) is 1.49. The standard InChI is InChI=1S/C14H18N2O2S/c1-10(14(17)18-3)9-16(2)12-6-5-7-13(19-4)11(12)8-15/h5-7,10H,9H2,1-4H3. The molecule has 1 atom stereocenters. The van der Waals surface area contributed by atoms with E-state index in [9.17, 15) is 10.1 Å². The van der Waals surface area contributed by atoms with Crippen LogP contribution < -0.4 is 4.90 Å². The molecule has 19 heavy (non-hydrogen) atoms. The van der Waals surface area contributed by atoms with Gasteiger partial charge in [-0.25, -0.2) is 0 Å². The molecule has 1 unspecified atom stereocenters. The highest BCUT2D eigenvalue weighted by Crippen LogP contribution is 2.28. The molecule has 0 heterocycles. The molecule has 0 aliphatic carbocycles. The van der Waals surface area contributed by atoms with Crippen LogP contribution in [0.25, 0.3) is 0 Å². The third-order valence-corrected chi connectivity index (χ3v) is 3.68. The summed E-state index contributed by atoms with van der Waals surface area (Å²) in [7, 11) is 3.26. The normalized spacial score (nSPS) is 11.5. The molecule has 0 aliphatic heterocycles. The van der Waals surface area contributed by atoms with Crippen molar-refractivity contribution in [3.63, 3.8) is 0 Å². The van der Waals surface area contributed by atoms with Crippen molar-refractivity contribution in [3.05, 3.63) is 23.8 Å². The molecule has 0 aromatic heterocycles. The van der Waals surface area contributed by atoms with Crippen LogP contribution in [0, 0.1) is 17.2 Å². The lowest BCUT2D eigenvalue weighted by atomic mass is 10.1. The molecule has 0 saturated carbocycles. The van der Waals surface area contributed by atoms with E-state index < -0.39 is 0 Å². The molecule has 0 aliphatic rings. The minimum atomic E-state index is -0.244. The van der Waals surface area contributed by atoms with Crippen molar-refractivity contribution in [2.45, 2.75) is 11.8 Å². The molecule has 1 aromatic rings. The Balaban J connectivity index is 2.97. The molecule has 4 nitrogen and oxygen atoms in total. The lowest BCUT2D eigenvalue weighted by Crippen LogP contribution is -2.29. The minimum absolute atomic E-state index is 0.237. The first-order valence-electron chi connectivity index (χ1n) is 5.91. The summed E-state index contributed by atoms with van der Waals surface area (Å²) in [5, 5.41) is 9.29. The van der Waals surface area contributed by atoms with Gasteiger partial charge in [0.25, 0.3) is 0 Å². The monoisotopic (exact) mass is 278 g/mol. The van der Waals surface area contributed by atoms with Crippen molar-refractivity contribution in [1.82, 2.24) is 0 Å². The van der Waals surface area contributed by atoms with Crippen LogP contribution in [-0.2, 0) is 9.53 Å². The number of nitriles is 1. The van der Waals surface area contributed by atoms with Gasteiger partial charge in [0.1, 0.15) is 6.07 Å². The molecule has 0 N–H and O–H groups in total. The van der Waals surface area contributed by atoms with E-state index >= 15 is 0 Å². The number of benzene rings is 1. The molecule has 5 heteroatoms. The number of hydrogen-bond donors (Lipinski definition) is 0. The first-order chi connectivity index (χ1) is 9.04. The van der Waals surface area contributed by atoms with E-state index in [-0.39, 0.29) is 11.9 Å². The topological polar surface area (TPSA) is 53.3 Å². The summed E-state index contributed by atoms with van der Waals surface area (Å²) >= 11 is 1.54. The van der Waals surface area contributed by atoms with Gasteiger partial charge in [-0.2, -0.15) is 5.26 Å². The summed E-state index contributed by atoms with van der Waals surface area (Å²) in [6.45, 7) is 2.33. The lowest BCUT2D eigenvalue weighted by molar-refractivity contribution is -0.144. The zero-order chi connectivity index (χ0) is 14.4. The molecule has 0 fully saturated rings. The van der Waals surface area contributed by atoms with Gasteiger partial charge >= 0.3 is 5.97 Å². The van der Waals surface area contributed by atoms with Gasteiger partial charge in [-0.1, -0.05) is 13.0 Å². The fourth-order valence-corrected chi connectivity index (χ4v) is 2.47. The predicted octanol–water partition coefficient (Wildman–Crippen LogP) is 2.53. The van der Waals surface area contributed by atoms with Gasteiger partial charge in [-0.15, -0.1) is 11.8 Å². The molecular weight excluding hydrogens is 260 g/mol. The van der Waals surface area contributed by atoms with Gasteiger partial charge in [0.15, 0.2) is 0 Å². The Morgan fingerprint density at radius 2 is 2.26 bits per heavy atom. The van der Waals surface area contributed by atoms with E-state index in [1.54, 1.807) is 11.8 Å². The summed E-state index contributed by atoms with van der Waals surface area (Å²) in [4.78, 5) is 14.3. The third kappa shape index (κ3) is 3.65. The van der Waals surface area contributed by atoms with Crippen molar-refractivity contribution >= 4 is 23.4 Å². The Morgan fingerprint density at radius 1 is 1.58 bits per heavy atom. The van der Waals surface area contributed by atoms with Crippen LogP contribution in [0.3, 0.4) is 0 Å². The highest BCUT2D eigenvalue weighted by atomic mass is 32.2. The predicted molar refractivity (Wildman–Crippen MR) is 77.4 cm³/mol. The van der Waals surface area contributed by atoms with Crippen molar-refractivity contribution < 1.29 is 9.53 Å². The molecule has 0 bridgehead atoms. The van der Waals surface area contributed by atoms with Crippen molar-refractivity contribution in [2.24, 2.45) is 5.92 Å². The lowest BCUT2D eigenvalue weighted by Gasteiger charge is -2.23. The maximum atomic E-state index is 11.4. The fraction of sp³-hybridized carbons (Fsp3) is 0.429. The minimum Gasteiger partial charge on any atom is -0.469 e. The fourth-order valence-electron chi connectivity index (χ4n) is 1.90. The van der Waals surface area contributed by atoms with Crippen LogP contribution in [0.15, 0.2) is 23.1 Å². The van der Waals surface area contributed by atoms with Gasteiger partial charge in [0.05, 0.1) is 24.3 Å². The number of methoxy groups -OCH3 is 1. The highest BCUT2D eigenvalue weighted by Gasteiger charge is 2.18. The van der Waals surface area contributed by atoms with Crippen LogP contribution in [0.1, 0.15) is 12.5 Å². The van der Waals surface area contributed by atoms with Crippen LogP contribution >= 0.6 is 11.8 Å². The number of esters is 1. The molecule has 0 spiro atoms. The molecule has 102 valence electrons. The van der Waals surface area contributed by atoms with E-state index in [4.69, 9.17) is 4.74 Å². The summed E-state index contributed by atoms with van der Waals surface area (Å²) in [5.74, 6) is -0.481. The quantitative estimate of drug-likeness (QED) is 0.612. The van der Waals surface area contributed by atoms with E-state index in [2.05, 4.69) is 6.07 Å². The second-order valence-corrected chi connectivity index (χ2v) is 5.12. The summed E-state index contributed by atoms with van der Waals surface area (Å²) in [6, 6.07) is 7.96. The number of carbonyl (C=O) groups is 1.